The summed E-state index contributed by atoms with van der Waals surface area (Å²) >= 11 is 0. The Morgan fingerprint density at radius 3 is 2.89 bits per heavy atom. The summed E-state index contributed by atoms with van der Waals surface area (Å²) < 4.78 is 2.11. The van der Waals surface area contributed by atoms with Gasteiger partial charge in [-0.2, -0.15) is 5.48 Å². The van der Waals surface area contributed by atoms with Crippen molar-refractivity contribution in [1.29, 1.82) is 0 Å². The van der Waals surface area contributed by atoms with Gasteiger partial charge in [-0.3, -0.25) is 4.84 Å². The number of imidazole rings is 1. The number of aryl methyl sites for hydroxylation is 1. The van der Waals surface area contributed by atoms with Gasteiger partial charge in [-0.15, -0.1) is 0 Å². The Balaban J connectivity index is 1.65. The highest BCUT2D eigenvalue weighted by Crippen LogP contribution is 2.20. The van der Waals surface area contributed by atoms with Crippen LogP contribution in [0.15, 0.2) is 24.3 Å². The fourth-order valence-corrected chi connectivity index (χ4v) is 2.58. The van der Waals surface area contributed by atoms with Crippen LogP contribution in [0.3, 0.4) is 0 Å². The molecule has 0 saturated heterocycles. The smallest absolute Gasteiger partial charge is 0.126 e. The molecule has 1 aliphatic rings. The van der Waals surface area contributed by atoms with Crippen LogP contribution in [0, 0.1) is 0 Å². The monoisotopic (exact) mass is 245 g/mol. The quantitative estimate of drug-likeness (QED) is 0.841. The molecular weight excluding hydrogens is 226 g/mol. The van der Waals surface area contributed by atoms with E-state index in [-0.39, 0.29) is 0 Å². The molecule has 0 atom stereocenters. The molecule has 18 heavy (non-hydrogen) atoms. The summed E-state index contributed by atoms with van der Waals surface area (Å²) in [4.78, 5) is 10.3. The zero-order chi connectivity index (χ0) is 12.4. The maximum Gasteiger partial charge on any atom is 0.126 e. The molecule has 4 nitrogen and oxygen atoms in total. The highest BCUT2D eigenvalue weighted by Gasteiger charge is 2.15. The molecule has 1 aliphatic carbocycles. The third-order valence-electron chi connectivity index (χ3n) is 3.66. The van der Waals surface area contributed by atoms with Crippen LogP contribution in [-0.4, -0.2) is 15.7 Å². The average molecular weight is 245 g/mol. The SMILES string of the molecule is Cn1c(CNOC2CCCC2)nc2ccccc21. The second kappa shape index (κ2) is 5.08. The minimum absolute atomic E-state index is 0.389. The number of nitrogens with zero attached hydrogens (tertiary/aromatic N) is 2. The second-order valence-corrected chi connectivity index (χ2v) is 4.92. The van der Waals surface area contributed by atoms with E-state index >= 15 is 0 Å². The van der Waals surface area contributed by atoms with Crippen LogP contribution in [-0.2, 0) is 18.4 Å². The lowest BCUT2D eigenvalue weighted by Gasteiger charge is -2.11. The number of hydrogen-bond donors (Lipinski definition) is 1. The largest absolute Gasteiger partial charge is 0.330 e. The van der Waals surface area contributed by atoms with Crippen LogP contribution in [0.1, 0.15) is 31.5 Å². The van der Waals surface area contributed by atoms with Gasteiger partial charge in [0.05, 0.1) is 23.7 Å². The molecule has 0 aliphatic heterocycles. The third-order valence-corrected chi connectivity index (χ3v) is 3.66. The Kier molecular flexibility index (Phi) is 3.30. The van der Waals surface area contributed by atoms with Gasteiger partial charge >= 0.3 is 0 Å². The first-order valence-corrected chi connectivity index (χ1v) is 6.63. The van der Waals surface area contributed by atoms with E-state index in [1.54, 1.807) is 0 Å². The number of nitrogens with one attached hydrogen (secondary N) is 1. The molecule has 0 unspecified atom stereocenters. The topological polar surface area (TPSA) is 39.1 Å². The summed E-state index contributed by atoms with van der Waals surface area (Å²) in [6.07, 6.45) is 5.32. The van der Waals surface area contributed by atoms with E-state index < -0.39 is 0 Å². The normalized spacial score (nSPS) is 16.7. The van der Waals surface area contributed by atoms with Crippen molar-refractivity contribution < 1.29 is 4.84 Å². The highest BCUT2D eigenvalue weighted by atomic mass is 16.7. The molecule has 0 bridgehead atoms. The summed E-state index contributed by atoms with van der Waals surface area (Å²) in [5.41, 5.74) is 5.26. The lowest BCUT2D eigenvalue weighted by molar-refractivity contribution is -0.0256. The van der Waals surface area contributed by atoms with E-state index in [0.29, 0.717) is 12.6 Å². The fourth-order valence-electron chi connectivity index (χ4n) is 2.58. The van der Waals surface area contributed by atoms with E-state index in [4.69, 9.17) is 4.84 Å². The van der Waals surface area contributed by atoms with Crippen LogP contribution >= 0.6 is 0 Å². The highest BCUT2D eigenvalue weighted by molar-refractivity contribution is 5.75. The molecule has 3 rings (SSSR count). The molecule has 1 saturated carbocycles. The molecule has 0 spiro atoms. The van der Waals surface area contributed by atoms with Crippen molar-refractivity contribution in [3.63, 3.8) is 0 Å². The molecule has 4 heteroatoms. The Labute approximate surface area is 107 Å². The molecule has 0 amide bonds. The summed E-state index contributed by atoms with van der Waals surface area (Å²) in [5.74, 6) is 1.01. The fraction of sp³-hybridized carbons (Fsp3) is 0.500. The van der Waals surface area contributed by atoms with Gasteiger partial charge in [-0.05, 0) is 25.0 Å². The number of hydrogen-bond acceptors (Lipinski definition) is 3. The zero-order valence-electron chi connectivity index (χ0n) is 10.7. The minimum atomic E-state index is 0.389. The lowest BCUT2D eigenvalue weighted by atomic mass is 10.3. The van der Waals surface area contributed by atoms with Gasteiger partial charge in [-0.25, -0.2) is 4.98 Å². The van der Waals surface area contributed by atoms with Crippen molar-refractivity contribution in [2.45, 2.75) is 38.3 Å². The maximum absolute atomic E-state index is 5.65. The zero-order valence-corrected chi connectivity index (χ0v) is 10.7. The molecule has 1 aromatic carbocycles. The molecule has 96 valence electrons. The van der Waals surface area contributed by atoms with Crippen molar-refractivity contribution in [3.8, 4) is 0 Å². The van der Waals surface area contributed by atoms with E-state index in [9.17, 15) is 0 Å². The first kappa shape index (κ1) is 11.7. The number of hydroxylamine groups is 1. The van der Waals surface area contributed by atoms with Crippen molar-refractivity contribution in [3.05, 3.63) is 30.1 Å². The van der Waals surface area contributed by atoms with Crippen molar-refractivity contribution >= 4 is 11.0 Å². The molecule has 1 heterocycles. The first-order chi connectivity index (χ1) is 8.84. The Morgan fingerprint density at radius 1 is 1.33 bits per heavy atom. The van der Waals surface area contributed by atoms with Crippen LogP contribution < -0.4 is 5.48 Å². The van der Waals surface area contributed by atoms with Gasteiger partial charge in [0, 0.05) is 7.05 Å². The number of fused-ring (bicyclic) bond motifs is 1. The van der Waals surface area contributed by atoms with Crippen molar-refractivity contribution in [2.75, 3.05) is 0 Å². The molecule has 1 fully saturated rings. The maximum atomic E-state index is 5.65. The number of rotatable bonds is 4. The van der Waals surface area contributed by atoms with E-state index in [0.717, 1.165) is 16.9 Å². The van der Waals surface area contributed by atoms with Crippen LogP contribution in [0.4, 0.5) is 0 Å². The van der Waals surface area contributed by atoms with E-state index in [2.05, 4.69) is 21.1 Å². The Bertz CT molecular complexity index is 529. The predicted octanol–water partition coefficient (Wildman–Crippen LogP) is 2.54. The van der Waals surface area contributed by atoms with Crippen LogP contribution in [0.25, 0.3) is 11.0 Å². The van der Waals surface area contributed by atoms with Gasteiger partial charge in [0.15, 0.2) is 0 Å². The Morgan fingerprint density at radius 2 is 2.11 bits per heavy atom. The lowest BCUT2D eigenvalue weighted by Crippen LogP contribution is -2.22. The molecule has 0 radical (unpaired) electrons. The van der Waals surface area contributed by atoms with E-state index in [1.807, 2.05) is 25.2 Å². The Hall–Kier alpha value is -1.39. The second-order valence-electron chi connectivity index (χ2n) is 4.92. The van der Waals surface area contributed by atoms with Gasteiger partial charge in [0.1, 0.15) is 5.82 Å². The van der Waals surface area contributed by atoms with Crippen molar-refractivity contribution in [2.24, 2.45) is 7.05 Å². The number of aromatic nitrogens is 2. The van der Waals surface area contributed by atoms with Crippen LogP contribution in [0.2, 0.25) is 0 Å². The summed E-state index contributed by atoms with van der Waals surface area (Å²) in [6.45, 7) is 0.654. The van der Waals surface area contributed by atoms with Crippen molar-refractivity contribution in [1.82, 2.24) is 15.0 Å². The summed E-state index contributed by atoms with van der Waals surface area (Å²) in [7, 11) is 2.04. The average Bonchev–Trinajstić information content (AvgIpc) is 3.00. The molecule has 1 aromatic heterocycles. The minimum Gasteiger partial charge on any atom is -0.330 e. The van der Waals surface area contributed by atoms with Crippen LogP contribution in [0.5, 0.6) is 0 Å². The molecule has 2 aromatic rings. The summed E-state index contributed by atoms with van der Waals surface area (Å²) in [6, 6.07) is 8.18. The standard InChI is InChI=1S/C14H19N3O/c1-17-13-9-5-4-8-12(13)16-14(17)10-15-18-11-6-2-3-7-11/h4-5,8-9,11,15H,2-3,6-7,10H2,1H3. The van der Waals surface area contributed by atoms with E-state index in [1.165, 1.54) is 25.7 Å². The molecular formula is C14H19N3O. The van der Waals surface area contributed by atoms with Gasteiger partial charge in [0.2, 0.25) is 0 Å². The third kappa shape index (κ3) is 2.26. The van der Waals surface area contributed by atoms with Gasteiger partial charge in [0.25, 0.3) is 0 Å². The first-order valence-electron chi connectivity index (χ1n) is 6.63. The summed E-state index contributed by atoms with van der Waals surface area (Å²) in [5, 5.41) is 0. The molecule has 1 N–H and O–H groups in total. The number of benzene rings is 1. The number of para-hydroxylation sites is 2. The van der Waals surface area contributed by atoms with Gasteiger partial charge in [-0.1, -0.05) is 25.0 Å². The predicted molar refractivity (Wildman–Crippen MR) is 70.9 cm³/mol. The van der Waals surface area contributed by atoms with Gasteiger partial charge < -0.3 is 4.57 Å².